The highest BCUT2D eigenvalue weighted by atomic mass is 19.1. The highest BCUT2D eigenvalue weighted by Crippen LogP contribution is 2.31. The van der Waals surface area contributed by atoms with Gasteiger partial charge in [0.05, 0.1) is 11.7 Å². The summed E-state index contributed by atoms with van der Waals surface area (Å²) < 4.78 is 16.8. The summed E-state index contributed by atoms with van der Waals surface area (Å²) in [7, 11) is 4.15. The molecule has 6 rings (SSSR count). The molecule has 3 aromatic heterocycles. The van der Waals surface area contributed by atoms with E-state index in [1.165, 1.54) is 31.3 Å². The van der Waals surface area contributed by atoms with Crippen molar-refractivity contribution in [2.75, 3.05) is 38.5 Å². The molecule has 198 valence electrons. The van der Waals surface area contributed by atoms with Gasteiger partial charge in [0.2, 0.25) is 5.95 Å². The molecule has 1 aromatic carbocycles. The Balaban J connectivity index is 1.20. The van der Waals surface area contributed by atoms with Gasteiger partial charge in [0.15, 0.2) is 5.82 Å². The van der Waals surface area contributed by atoms with E-state index >= 15 is 0 Å². The zero-order chi connectivity index (χ0) is 26.4. The van der Waals surface area contributed by atoms with Crippen LogP contribution in [0.4, 0.5) is 16.2 Å². The minimum absolute atomic E-state index is 0.258. The zero-order valence-electron chi connectivity index (χ0n) is 22.6. The van der Waals surface area contributed by atoms with Crippen LogP contribution in [0, 0.1) is 11.7 Å². The van der Waals surface area contributed by atoms with Crippen LogP contribution in [0.3, 0.4) is 0 Å². The maximum absolute atomic E-state index is 14.9. The van der Waals surface area contributed by atoms with Crippen LogP contribution in [0.2, 0.25) is 0 Å². The lowest BCUT2D eigenvalue weighted by Gasteiger charge is -2.30. The summed E-state index contributed by atoms with van der Waals surface area (Å²) >= 11 is 0. The molecule has 38 heavy (non-hydrogen) atoms. The van der Waals surface area contributed by atoms with Gasteiger partial charge in [-0.3, -0.25) is 9.58 Å². The Morgan fingerprint density at radius 2 is 1.97 bits per heavy atom. The molecule has 0 spiro atoms. The minimum atomic E-state index is -0.461. The summed E-state index contributed by atoms with van der Waals surface area (Å²) in [5.41, 5.74) is 5.35. The monoisotopic (exact) mass is 514 g/mol. The molecule has 0 aliphatic carbocycles. The fraction of sp³-hybridized carbons (Fsp3) is 0.448. The van der Waals surface area contributed by atoms with E-state index in [0.29, 0.717) is 23.2 Å². The molecule has 4 aromatic rings. The number of benzene rings is 1. The van der Waals surface area contributed by atoms with Crippen molar-refractivity contribution in [3.8, 4) is 11.3 Å². The van der Waals surface area contributed by atoms with E-state index in [2.05, 4.69) is 57.1 Å². The first kappa shape index (κ1) is 24.9. The van der Waals surface area contributed by atoms with Crippen molar-refractivity contribution in [1.29, 1.82) is 0 Å². The van der Waals surface area contributed by atoms with E-state index in [0.717, 1.165) is 54.3 Å². The van der Waals surface area contributed by atoms with Crippen LogP contribution in [-0.2, 0) is 20.0 Å². The number of hydrogen-bond donors (Lipinski definition) is 1. The third kappa shape index (κ3) is 4.88. The number of aryl methyl sites for hydroxylation is 1. The summed E-state index contributed by atoms with van der Waals surface area (Å²) in [6, 6.07) is 9.87. The quantitative estimate of drug-likeness (QED) is 0.398. The van der Waals surface area contributed by atoms with Crippen LogP contribution in [0.1, 0.15) is 43.1 Å². The van der Waals surface area contributed by atoms with Crippen molar-refractivity contribution in [3.05, 3.63) is 59.3 Å². The molecule has 0 bridgehead atoms. The molecule has 5 heterocycles. The number of pyridine rings is 1. The number of nitrogens with zero attached hydrogens (tertiary/aromatic N) is 7. The van der Waals surface area contributed by atoms with Gasteiger partial charge in [0.25, 0.3) is 0 Å². The van der Waals surface area contributed by atoms with Crippen LogP contribution >= 0.6 is 0 Å². The van der Waals surface area contributed by atoms with Crippen molar-refractivity contribution in [2.45, 2.75) is 39.2 Å². The number of rotatable bonds is 6. The van der Waals surface area contributed by atoms with Crippen LogP contribution < -0.4 is 5.32 Å². The molecule has 1 saturated heterocycles. The van der Waals surface area contributed by atoms with Crippen molar-refractivity contribution in [1.82, 2.24) is 34.5 Å². The minimum Gasteiger partial charge on any atom is -0.309 e. The topological polar surface area (TPSA) is 75.0 Å². The van der Waals surface area contributed by atoms with Crippen LogP contribution in [-0.4, -0.2) is 67.8 Å². The molecule has 0 amide bonds. The highest BCUT2D eigenvalue weighted by Gasteiger charge is 2.25. The Labute approximate surface area is 222 Å². The lowest BCUT2D eigenvalue weighted by Crippen LogP contribution is -2.35. The SMILES string of the molecule is CC(C)c1c2cc(-c3nc(Nc4ccc5c(n4)CCN(CC4CCN(C)C4)C5)ncc3F)ccc2nn1C. The Bertz CT molecular complexity index is 1480. The van der Waals surface area contributed by atoms with Gasteiger partial charge in [0.1, 0.15) is 11.5 Å². The van der Waals surface area contributed by atoms with E-state index in [9.17, 15) is 4.39 Å². The smallest absolute Gasteiger partial charge is 0.229 e. The normalized spacial score (nSPS) is 18.4. The average Bonchev–Trinajstić information content (AvgIpc) is 3.46. The first-order valence-electron chi connectivity index (χ1n) is 13.5. The van der Waals surface area contributed by atoms with Crippen molar-refractivity contribution >= 4 is 22.7 Å². The first-order valence-corrected chi connectivity index (χ1v) is 13.5. The summed E-state index contributed by atoms with van der Waals surface area (Å²) in [5.74, 6) is 1.59. The Morgan fingerprint density at radius 1 is 1.11 bits per heavy atom. The fourth-order valence-electron chi connectivity index (χ4n) is 6.04. The third-order valence-corrected chi connectivity index (χ3v) is 7.82. The Kier molecular flexibility index (Phi) is 6.57. The predicted molar refractivity (Wildman–Crippen MR) is 148 cm³/mol. The molecule has 1 atom stereocenters. The average molecular weight is 515 g/mol. The number of hydrogen-bond acceptors (Lipinski definition) is 7. The van der Waals surface area contributed by atoms with Gasteiger partial charge in [-0.2, -0.15) is 5.10 Å². The van der Waals surface area contributed by atoms with Gasteiger partial charge in [0, 0.05) is 62.0 Å². The number of anilines is 2. The highest BCUT2D eigenvalue weighted by molar-refractivity contribution is 5.86. The molecule has 1 N–H and O–H groups in total. The Morgan fingerprint density at radius 3 is 2.76 bits per heavy atom. The van der Waals surface area contributed by atoms with Gasteiger partial charge in [-0.1, -0.05) is 26.0 Å². The largest absolute Gasteiger partial charge is 0.309 e. The molecule has 9 heteroatoms. The summed E-state index contributed by atoms with van der Waals surface area (Å²) in [6.07, 6.45) is 3.43. The molecule has 1 unspecified atom stereocenters. The first-order chi connectivity index (χ1) is 18.3. The standard InChI is InChI=1S/C29H35FN8/c1-18(2)28-22-13-20(5-7-25(22)35-37(28)4)27-23(30)14-31-29(34-27)33-26-8-6-21-17-38(12-10-24(21)32-26)16-19-9-11-36(3)15-19/h5-8,13-14,18-19H,9-12,15-17H2,1-4H3,(H,31,32,33,34). The number of likely N-dealkylation sites (tertiary alicyclic amines) is 1. The number of aromatic nitrogens is 5. The predicted octanol–water partition coefficient (Wildman–Crippen LogP) is 4.74. The second-order valence-electron chi connectivity index (χ2n) is 11.1. The number of nitrogens with one attached hydrogen (secondary N) is 1. The van der Waals surface area contributed by atoms with Crippen LogP contribution in [0.15, 0.2) is 36.5 Å². The van der Waals surface area contributed by atoms with E-state index in [4.69, 9.17) is 4.98 Å². The molecule has 0 radical (unpaired) electrons. The van der Waals surface area contributed by atoms with Gasteiger partial charge < -0.3 is 10.2 Å². The number of halogens is 1. The number of fused-ring (bicyclic) bond motifs is 2. The van der Waals surface area contributed by atoms with Gasteiger partial charge in [-0.05, 0) is 55.6 Å². The summed E-state index contributed by atoms with van der Waals surface area (Å²) in [5, 5.41) is 8.81. The molecule has 8 nitrogen and oxygen atoms in total. The molecular formula is C29H35FN8. The Hall–Kier alpha value is -3.43. The zero-order valence-corrected chi connectivity index (χ0v) is 22.6. The third-order valence-electron chi connectivity index (χ3n) is 7.82. The van der Waals surface area contributed by atoms with Crippen molar-refractivity contribution in [2.24, 2.45) is 13.0 Å². The summed E-state index contributed by atoms with van der Waals surface area (Å²) in [6.45, 7) is 9.78. The lowest BCUT2D eigenvalue weighted by molar-refractivity contribution is 0.212. The van der Waals surface area contributed by atoms with Crippen LogP contribution in [0.25, 0.3) is 22.2 Å². The molecule has 2 aliphatic heterocycles. The van der Waals surface area contributed by atoms with E-state index in [1.54, 1.807) is 0 Å². The van der Waals surface area contributed by atoms with E-state index in [-0.39, 0.29) is 5.69 Å². The van der Waals surface area contributed by atoms with Gasteiger partial charge in [-0.25, -0.2) is 19.3 Å². The van der Waals surface area contributed by atoms with Gasteiger partial charge >= 0.3 is 0 Å². The molecule has 2 aliphatic rings. The van der Waals surface area contributed by atoms with E-state index in [1.807, 2.05) is 36.0 Å². The molecule has 0 saturated carbocycles. The van der Waals surface area contributed by atoms with Crippen molar-refractivity contribution < 1.29 is 4.39 Å². The lowest BCUT2D eigenvalue weighted by atomic mass is 10.0. The van der Waals surface area contributed by atoms with E-state index < -0.39 is 5.82 Å². The maximum Gasteiger partial charge on any atom is 0.229 e. The fourth-order valence-corrected chi connectivity index (χ4v) is 6.04. The van der Waals surface area contributed by atoms with Gasteiger partial charge in [-0.15, -0.1) is 0 Å². The van der Waals surface area contributed by atoms with Crippen LogP contribution in [0.5, 0.6) is 0 Å². The summed E-state index contributed by atoms with van der Waals surface area (Å²) in [4.78, 5) is 18.6. The maximum atomic E-state index is 14.9. The second-order valence-corrected chi connectivity index (χ2v) is 11.1. The van der Waals surface area contributed by atoms with Crippen molar-refractivity contribution in [3.63, 3.8) is 0 Å². The molecule has 1 fully saturated rings. The molecular weight excluding hydrogens is 479 g/mol. The second kappa shape index (κ2) is 10.0.